The van der Waals surface area contributed by atoms with Gasteiger partial charge in [0.2, 0.25) is 0 Å². The van der Waals surface area contributed by atoms with E-state index in [0.29, 0.717) is 31.1 Å². The summed E-state index contributed by atoms with van der Waals surface area (Å²) in [6.07, 6.45) is 2.01. The van der Waals surface area contributed by atoms with Crippen molar-refractivity contribution in [2.45, 2.75) is 39.3 Å². The molecule has 1 heterocycles. The zero-order chi connectivity index (χ0) is 22.8. The number of ether oxygens (including phenoxy) is 3. The minimum atomic E-state index is 0.473. The average Bonchev–Trinajstić information content (AvgIpc) is 3.23. The summed E-state index contributed by atoms with van der Waals surface area (Å²) in [5, 5.41) is 3.64. The molecule has 0 unspecified atom stereocenters. The highest BCUT2D eigenvalue weighted by Crippen LogP contribution is 2.30. The van der Waals surface area contributed by atoms with Crippen molar-refractivity contribution in [3.05, 3.63) is 59.7 Å². The van der Waals surface area contributed by atoms with Gasteiger partial charge in [-0.05, 0) is 68.5 Å². The molecule has 3 rings (SSSR count). The molecule has 0 aliphatic carbocycles. The topological polar surface area (TPSA) is 43.0 Å². The van der Waals surface area contributed by atoms with Gasteiger partial charge in [-0.2, -0.15) is 0 Å². The van der Waals surface area contributed by atoms with Gasteiger partial charge in [-0.25, -0.2) is 0 Å². The van der Waals surface area contributed by atoms with Crippen LogP contribution in [0.1, 0.15) is 31.4 Å². The average molecular weight is 441 g/mol. The van der Waals surface area contributed by atoms with Gasteiger partial charge in [0.1, 0.15) is 0 Å². The fraction of sp³-hybridized carbons (Fsp3) is 0.556. The summed E-state index contributed by atoms with van der Waals surface area (Å²) in [7, 11) is 3.41. The number of methoxy groups -OCH3 is 2. The van der Waals surface area contributed by atoms with E-state index < -0.39 is 0 Å². The van der Waals surface area contributed by atoms with E-state index >= 15 is 0 Å². The normalized spacial score (nSPS) is 18.4. The van der Waals surface area contributed by atoms with Gasteiger partial charge in [-0.3, -0.25) is 4.90 Å². The maximum Gasteiger partial charge on any atom is 0.161 e. The Hall–Kier alpha value is -2.08. The Kier molecular flexibility index (Phi) is 9.85. The van der Waals surface area contributed by atoms with Crippen molar-refractivity contribution < 1.29 is 14.2 Å². The molecule has 176 valence electrons. The molecular formula is C27H40N2O3. The summed E-state index contributed by atoms with van der Waals surface area (Å²) >= 11 is 0. The van der Waals surface area contributed by atoms with E-state index in [0.717, 1.165) is 50.5 Å². The van der Waals surface area contributed by atoms with Crippen LogP contribution in [0, 0.1) is 11.8 Å². The van der Waals surface area contributed by atoms with Crippen molar-refractivity contribution in [3.63, 3.8) is 0 Å². The second kappa shape index (κ2) is 12.8. The van der Waals surface area contributed by atoms with Crippen LogP contribution in [0.5, 0.6) is 11.5 Å². The third-order valence-corrected chi connectivity index (χ3v) is 6.38. The first kappa shape index (κ1) is 24.6. The Balaban J connectivity index is 1.64. The van der Waals surface area contributed by atoms with E-state index in [1.165, 1.54) is 11.1 Å². The smallest absolute Gasteiger partial charge is 0.161 e. The van der Waals surface area contributed by atoms with Crippen LogP contribution in [0.2, 0.25) is 0 Å². The van der Waals surface area contributed by atoms with E-state index in [2.05, 4.69) is 66.5 Å². The maximum atomic E-state index is 6.00. The summed E-state index contributed by atoms with van der Waals surface area (Å²) in [6, 6.07) is 17.7. The predicted octanol–water partition coefficient (Wildman–Crippen LogP) is 4.40. The summed E-state index contributed by atoms with van der Waals surface area (Å²) < 4.78 is 16.6. The molecule has 2 atom stereocenters. The van der Waals surface area contributed by atoms with Crippen LogP contribution in [0.25, 0.3) is 0 Å². The van der Waals surface area contributed by atoms with Crippen molar-refractivity contribution in [3.8, 4) is 11.5 Å². The molecule has 0 amide bonds. The van der Waals surface area contributed by atoms with Crippen LogP contribution in [0.4, 0.5) is 0 Å². The van der Waals surface area contributed by atoms with E-state index in [1.807, 2.05) is 6.07 Å². The Labute approximate surface area is 194 Å². The number of nitrogens with zero attached hydrogens (tertiary/aromatic N) is 1. The third-order valence-electron chi connectivity index (χ3n) is 6.38. The highest BCUT2D eigenvalue weighted by Gasteiger charge is 2.29. The minimum Gasteiger partial charge on any atom is -0.493 e. The van der Waals surface area contributed by atoms with E-state index in [-0.39, 0.29) is 0 Å². The molecule has 32 heavy (non-hydrogen) atoms. The zero-order valence-electron chi connectivity index (χ0n) is 20.2. The van der Waals surface area contributed by atoms with Gasteiger partial charge >= 0.3 is 0 Å². The molecular weight excluding hydrogens is 400 g/mol. The van der Waals surface area contributed by atoms with Crippen molar-refractivity contribution in [1.29, 1.82) is 0 Å². The lowest BCUT2D eigenvalue weighted by Crippen LogP contribution is -2.37. The number of benzene rings is 2. The zero-order valence-corrected chi connectivity index (χ0v) is 20.2. The van der Waals surface area contributed by atoms with Gasteiger partial charge in [-0.1, -0.05) is 36.4 Å². The molecule has 1 fully saturated rings. The Morgan fingerprint density at radius 2 is 1.72 bits per heavy atom. The van der Waals surface area contributed by atoms with Gasteiger partial charge in [0, 0.05) is 39.3 Å². The van der Waals surface area contributed by atoms with Crippen molar-refractivity contribution in [1.82, 2.24) is 10.2 Å². The largest absolute Gasteiger partial charge is 0.493 e. The van der Waals surface area contributed by atoms with Gasteiger partial charge < -0.3 is 19.5 Å². The van der Waals surface area contributed by atoms with Crippen molar-refractivity contribution in [2.24, 2.45) is 11.8 Å². The summed E-state index contributed by atoms with van der Waals surface area (Å²) in [5.41, 5.74) is 2.69. The van der Waals surface area contributed by atoms with Crippen molar-refractivity contribution >= 4 is 0 Å². The lowest BCUT2D eigenvalue weighted by atomic mass is 9.89. The molecule has 0 aromatic heterocycles. The lowest BCUT2D eigenvalue weighted by Gasteiger charge is -2.31. The molecule has 5 heteroatoms. The highest BCUT2D eigenvalue weighted by molar-refractivity contribution is 5.43. The molecule has 0 spiro atoms. The molecule has 0 saturated carbocycles. The molecule has 1 N–H and O–H groups in total. The van der Waals surface area contributed by atoms with E-state index in [1.54, 1.807) is 14.2 Å². The fourth-order valence-electron chi connectivity index (χ4n) is 4.47. The van der Waals surface area contributed by atoms with Crippen LogP contribution < -0.4 is 14.8 Å². The monoisotopic (exact) mass is 440 g/mol. The molecule has 5 nitrogen and oxygen atoms in total. The molecule has 1 aliphatic rings. The van der Waals surface area contributed by atoms with Gasteiger partial charge in [0.05, 0.1) is 13.7 Å². The van der Waals surface area contributed by atoms with E-state index in [4.69, 9.17) is 14.2 Å². The van der Waals surface area contributed by atoms with Crippen LogP contribution >= 0.6 is 0 Å². The summed E-state index contributed by atoms with van der Waals surface area (Å²) in [6.45, 7) is 10.1. The lowest BCUT2D eigenvalue weighted by molar-refractivity contribution is 0.165. The molecule has 1 aliphatic heterocycles. The number of rotatable bonds is 13. The standard InChI is InChI=1S/C27H40N2O3/c1-21(2)29(20-25-18-28-17-24(25)15-22-9-6-5-7-10-22)19-23-11-12-26(31-4)27(16-23)32-14-8-13-30-3/h5-7,9-12,16,21,24-25,28H,8,13-15,17-20H2,1-4H3/t24-,25+/m1/s1. The highest BCUT2D eigenvalue weighted by atomic mass is 16.5. The minimum absolute atomic E-state index is 0.473. The van der Waals surface area contributed by atoms with Crippen LogP contribution in [-0.2, 0) is 17.7 Å². The second-order valence-corrected chi connectivity index (χ2v) is 9.07. The SMILES string of the molecule is COCCCOc1cc(CN(C[C@@H]2CNC[C@H]2Cc2ccccc2)C(C)C)ccc1OC. The van der Waals surface area contributed by atoms with E-state index in [9.17, 15) is 0 Å². The number of hydrogen-bond donors (Lipinski definition) is 1. The molecule has 1 saturated heterocycles. The Bertz CT molecular complexity index is 797. The quantitative estimate of drug-likeness (QED) is 0.468. The number of hydrogen-bond acceptors (Lipinski definition) is 5. The Morgan fingerprint density at radius 3 is 2.44 bits per heavy atom. The van der Waals surface area contributed by atoms with Crippen molar-refractivity contribution in [2.75, 3.05) is 47.1 Å². The Morgan fingerprint density at radius 1 is 0.938 bits per heavy atom. The predicted molar refractivity (Wildman–Crippen MR) is 131 cm³/mol. The molecule has 2 aromatic rings. The second-order valence-electron chi connectivity index (χ2n) is 9.07. The number of nitrogens with one attached hydrogen (secondary N) is 1. The molecule has 0 radical (unpaired) electrons. The molecule has 0 bridgehead atoms. The van der Waals surface area contributed by atoms with Gasteiger partial charge in [0.25, 0.3) is 0 Å². The van der Waals surface area contributed by atoms with Gasteiger partial charge in [0.15, 0.2) is 11.5 Å². The van der Waals surface area contributed by atoms with Crippen LogP contribution in [0.15, 0.2) is 48.5 Å². The first-order chi connectivity index (χ1) is 15.6. The maximum absolute atomic E-state index is 6.00. The first-order valence-electron chi connectivity index (χ1n) is 11.9. The first-order valence-corrected chi connectivity index (χ1v) is 11.9. The summed E-state index contributed by atoms with van der Waals surface area (Å²) in [5.74, 6) is 2.93. The third kappa shape index (κ3) is 7.22. The van der Waals surface area contributed by atoms with Crippen LogP contribution in [-0.4, -0.2) is 58.0 Å². The van der Waals surface area contributed by atoms with Crippen LogP contribution in [0.3, 0.4) is 0 Å². The molecule has 2 aromatic carbocycles. The summed E-state index contributed by atoms with van der Waals surface area (Å²) in [4.78, 5) is 2.59. The van der Waals surface area contributed by atoms with Gasteiger partial charge in [-0.15, -0.1) is 0 Å². The fourth-order valence-corrected chi connectivity index (χ4v) is 4.47.